The summed E-state index contributed by atoms with van der Waals surface area (Å²) in [6.45, 7) is 1.39. The third-order valence-electron chi connectivity index (χ3n) is 1.99. The molecule has 0 amide bonds. The maximum Gasteiger partial charge on any atom is 0.308 e. The zero-order valence-electron chi connectivity index (χ0n) is 9.35. The van der Waals surface area contributed by atoms with E-state index < -0.39 is 0 Å². The van der Waals surface area contributed by atoms with Gasteiger partial charge in [0.05, 0.1) is 10.2 Å². The van der Waals surface area contributed by atoms with Gasteiger partial charge in [0.2, 0.25) is 0 Å². The second-order valence-corrected chi connectivity index (χ2v) is 4.62. The minimum Gasteiger partial charge on any atom is -0.427 e. The molecule has 4 nitrogen and oxygen atoms in total. The van der Waals surface area contributed by atoms with Crippen molar-refractivity contribution in [3.8, 4) is 5.75 Å². The Kier molecular flexibility index (Phi) is 2.78. The van der Waals surface area contributed by atoms with E-state index in [9.17, 15) is 4.79 Å². The summed E-state index contributed by atoms with van der Waals surface area (Å²) in [7, 11) is 3.90. The molecule has 1 aromatic carbocycles. The summed E-state index contributed by atoms with van der Waals surface area (Å²) in [5, 5.41) is 0.940. The number of anilines is 1. The zero-order valence-corrected chi connectivity index (χ0v) is 10.2. The lowest BCUT2D eigenvalue weighted by Crippen LogP contribution is -2.07. The van der Waals surface area contributed by atoms with Crippen LogP contribution < -0.4 is 9.64 Å². The van der Waals surface area contributed by atoms with Gasteiger partial charge in [0.15, 0.2) is 5.13 Å². The van der Waals surface area contributed by atoms with E-state index in [1.54, 1.807) is 17.4 Å². The van der Waals surface area contributed by atoms with Gasteiger partial charge in [-0.15, -0.1) is 0 Å². The van der Waals surface area contributed by atoms with Crippen molar-refractivity contribution in [1.82, 2.24) is 4.98 Å². The van der Waals surface area contributed by atoms with E-state index in [-0.39, 0.29) is 5.97 Å². The van der Waals surface area contributed by atoms with E-state index in [0.717, 1.165) is 15.3 Å². The molecule has 2 rings (SSSR count). The number of benzene rings is 1. The van der Waals surface area contributed by atoms with Crippen molar-refractivity contribution >= 4 is 32.7 Å². The van der Waals surface area contributed by atoms with Gasteiger partial charge in [-0.25, -0.2) is 4.98 Å². The molecule has 1 heterocycles. The molecular weight excluding hydrogens is 224 g/mol. The van der Waals surface area contributed by atoms with Gasteiger partial charge >= 0.3 is 5.97 Å². The predicted octanol–water partition coefficient (Wildman–Crippen LogP) is 2.29. The molecule has 5 heteroatoms. The van der Waals surface area contributed by atoms with Crippen molar-refractivity contribution in [2.45, 2.75) is 6.92 Å². The number of hydrogen-bond acceptors (Lipinski definition) is 5. The van der Waals surface area contributed by atoms with Crippen molar-refractivity contribution in [2.75, 3.05) is 19.0 Å². The second-order valence-electron chi connectivity index (χ2n) is 3.61. The topological polar surface area (TPSA) is 42.4 Å². The van der Waals surface area contributed by atoms with E-state index in [0.29, 0.717) is 5.75 Å². The Labute approximate surface area is 97.5 Å². The molecule has 0 fully saturated rings. The zero-order chi connectivity index (χ0) is 11.7. The maximum absolute atomic E-state index is 10.8. The van der Waals surface area contributed by atoms with Crippen LogP contribution in [-0.2, 0) is 4.79 Å². The molecule has 0 unspecified atom stereocenters. The molecule has 0 bridgehead atoms. The molecule has 0 aliphatic heterocycles. The first-order valence-corrected chi connectivity index (χ1v) is 5.64. The molecule has 0 radical (unpaired) electrons. The fourth-order valence-corrected chi connectivity index (χ4v) is 2.23. The highest BCUT2D eigenvalue weighted by molar-refractivity contribution is 7.22. The van der Waals surface area contributed by atoms with Crippen LogP contribution in [-0.4, -0.2) is 25.0 Å². The number of hydrogen-bond donors (Lipinski definition) is 0. The Hall–Kier alpha value is -1.62. The lowest BCUT2D eigenvalue weighted by Gasteiger charge is -2.04. The van der Waals surface area contributed by atoms with E-state index in [1.165, 1.54) is 6.92 Å². The van der Waals surface area contributed by atoms with Gasteiger partial charge in [0.1, 0.15) is 5.75 Å². The van der Waals surface area contributed by atoms with Crippen molar-refractivity contribution in [2.24, 2.45) is 0 Å². The fraction of sp³-hybridized carbons (Fsp3) is 0.273. The standard InChI is InChI=1S/C11H12N2O2S/c1-7(14)15-8-4-5-9-10(6-8)16-11(12-9)13(2)3/h4-6H,1-3H3. The minimum atomic E-state index is -0.309. The van der Waals surface area contributed by atoms with Crippen LogP contribution in [0.3, 0.4) is 0 Å². The van der Waals surface area contributed by atoms with E-state index >= 15 is 0 Å². The lowest BCUT2D eigenvalue weighted by molar-refractivity contribution is -0.131. The van der Waals surface area contributed by atoms with Crippen LogP contribution in [0.1, 0.15) is 6.92 Å². The van der Waals surface area contributed by atoms with Crippen molar-refractivity contribution in [3.05, 3.63) is 18.2 Å². The van der Waals surface area contributed by atoms with Gasteiger partial charge in [0.25, 0.3) is 0 Å². The number of thiazole rings is 1. The van der Waals surface area contributed by atoms with Gasteiger partial charge in [0, 0.05) is 27.1 Å². The number of nitrogens with zero attached hydrogens (tertiary/aromatic N) is 2. The summed E-state index contributed by atoms with van der Waals surface area (Å²) >= 11 is 1.57. The van der Waals surface area contributed by atoms with Crippen LogP contribution in [0.25, 0.3) is 10.2 Å². The summed E-state index contributed by atoms with van der Waals surface area (Å²) in [6, 6.07) is 5.45. The largest absolute Gasteiger partial charge is 0.427 e. The molecular formula is C11H12N2O2S. The van der Waals surface area contributed by atoms with Crippen molar-refractivity contribution < 1.29 is 9.53 Å². The van der Waals surface area contributed by atoms with Crippen LogP contribution in [0.5, 0.6) is 5.75 Å². The fourth-order valence-electron chi connectivity index (χ4n) is 1.31. The first kappa shape index (κ1) is 10.9. The first-order valence-electron chi connectivity index (χ1n) is 4.82. The number of aromatic nitrogens is 1. The highest BCUT2D eigenvalue weighted by atomic mass is 32.1. The first-order chi connectivity index (χ1) is 7.56. The molecule has 16 heavy (non-hydrogen) atoms. The minimum absolute atomic E-state index is 0.309. The highest BCUT2D eigenvalue weighted by Gasteiger charge is 2.07. The SMILES string of the molecule is CC(=O)Oc1ccc2nc(N(C)C)sc2c1. The predicted molar refractivity (Wildman–Crippen MR) is 65.3 cm³/mol. The molecule has 0 aliphatic rings. The summed E-state index contributed by atoms with van der Waals surface area (Å²) in [6.07, 6.45) is 0. The molecule has 84 valence electrons. The van der Waals surface area contributed by atoms with E-state index in [1.807, 2.05) is 31.1 Å². The van der Waals surface area contributed by atoms with Gasteiger partial charge in [-0.2, -0.15) is 0 Å². The Morgan fingerprint density at radius 1 is 1.44 bits per heavy atom. The summed E-state index contributed by atoms with van der Waals surface area (Å²) in [5.74, 6) is 0.255. The average molecular weight is 236 g/mol. The Morgan fingerprint density at radius 3 is 2.81 bits per heavy atom. The number of carbonyl (C=O) groups excluding carboxylic acids is 1. The van der Waals surface area contributed by atoms with Crippen LogP contribution in [0.15, 0.2) is 18.2 Å². The molecule has 2 aromatic rings. The number of carbonyl (C=O) groups is 1. The van der Waals surface area contributed by atoms with Gasteiger partial charge < -0.3 is 9.64 Å². The number of rotatable bonds is 2. The molecule has 0 atom stereocenters. The third kappa shape index (κ3) is 2.14. The third-order valence-corrected chi connectivity index (χ3v) is 3.18. The van der Waals surface area contributed by atoms with Crippen LogP contribution in [0.4, 0.5) is 5.13 Å². The smallest absolute Gasteiger partial charge is 0.308 e. The van der Waals surface area contributed by atoms with Gasteiger partial charge in [-0.05, 0) is 12.1 Å². The molecule has 0 spiro atoms. The lowest BCUT2D eigenvalue weighted by atomic mass is 10.3. The highest BCUT2D eigenvalue weighted by Crippen LogP contribution is 2.30. The molecule has 1 aromatic heterocycles. The quantitative estimate of drug-likeness (QED) is 0.592. The Bertz CT molecular complexity index is 534. The monoisotopic (exact) mass is 236 g/mol. The van der Waals surface area contributed by atoms with Crippen LogP contribution in [0.2, 0.25) is 0 Å². The van der Waals surface area contributed by atoms with Crippen molar-refractivity contribution in [1.29, 1.82) is 0 Å². The average Bonchev–Trinajstić information content (AvgIpc) is 2.59. The number of ether oxygens (including phenoxy) is 1. The molecule has 0 saturated carbocycles. The molecule has 0 aliphatic carbocycles. The molecule has 0 N–H and O–H groups in total. The number of esters is 1. The summed E-state index contributed by atoms with van der Waals surface area (Å²) < 4.78 is 6.03. The van der Waals surface area contributed by atoms with E-state index in [2.05, 4.69) is 4.98 Å². The normalized spacial score (nSPS) is 10.4. The Morgan fingerprint density at radius 2 is 2.19 bits per heavy atom. The van der Waals surface area contributed by atoms with Crippen LogP contribution >= 0.6 is 11.3 Å². The Balaban J connectivity index is 2.41. The summed E-state index contributed by atoms with van der Waals surface area (Å²) in [4.78, 5) is 17.2. The summed E-state index contributed by atoms with van der Waals surface area (Å²) in [5.41, 5.74) is 0.921. The van der Waals surface area contributed by atoms with Gasteiger partial charge in [-0.3, -0.25) is 4.79 Å². The van der Waals surface area contributed by atoms with E-state index in [4.69, 9.17) is 4.74 Å². The molecule has 0 saturated heterocycles. The second kappa shape index (κ2) is 4.09. The van der Waals surface area contributed by atoms with Gasteiger partial charge in [-0.1, -0.05) is 11.3 Å². The maximum atomic E-state index is 10.8. The number of fused-ring (bicyclic) bond motifs is 1. The van der Waals surface area contributed by atoms with Crippen LogP contribution in [0, 0.1) is 0 Å². The van der Waals surface area contributed by atoms with Crippen molar-refractivity contribution in [3.63, 3.8) is 0 Å².